The molecule has 0 aliphatic carbocycles. The zero-order valence-corrected chi connectivity index (χ0v) is 7.55. The van der Waals surface area contributed by atoms with Gasteiger partial charge in [0.25, 0.3) is 0 Å². The molecule has 0 heterocycles. The monoisotopic (exact) mass is 216 g/mol. The molecule has 0 amide bonds. The lowest BCUT2D eigenvalue weighted by Crippen LogP contribution is -2.12. The number of nitrogens with zero attached hydrogens (tertiary/aromatic N) is 1. The van der Waals surface area contributed by atoms with E-state index in [1.807, 2.05) is 0 Å². The molecule has 0 aromatic heterocycles. The maximum absolute atomic E-state index is 12.9. The van der Waals surface area contributed by atoms with Gasteiger partial charge in [-0.1, -0.05) is 0 Å². The second kappa shape index (κ2) is 4.20. The Labute approximate surface area is 83.9 Å². The molecule has 6 nitrogen and oxygen atoms in total. The zero-order chi connectivity index (χ0) is 11.6. The van der Waals surface area contributed by atoms with E-state index in [0.717, 1.165) is 6.07 Å². The topological polar surface area (TPSA) is 110 Å². The number of nitro benzene ring substituents is 1. The number of halogens is 1. The maximum atomic E-state index is 12.9. The highest BCUT2D eigenvalue weighted by atomic mass is 19.1. The Morgan fingerprint density at radius 1 is 1.60 bits per heavy atom. The average molecular weight is 216 g/mol. The highest BCUT2D eigenvalue weighted by Gasteiger charge is 2.21. The van der Waals surface area contributed by atoms with E-state index >= 15 is 0 Å². The molecule has 1 atom stereocenters. The van der Waals surface area contributed by atoms with Crippen LogP contribution in [0.15, 0.2) is 12.1 Å². The van der Waals surface area contributed by atoms with Crippen molar-refractivity contribution in [1.29, 1.82) is 0 Å². The van der Waals surface area contributed by atoms with Crippen molar-refractivity contribution in [2.45, 2.75) is 6.10 Å². The lowest BCUT2D eigenvalue weighted by Gasteiger charge is -2.09. The van der Waals surface area contributed by atoms with Gasteiger partial charge in [-0.3, -0.25) is 10.1 Å². The summed E-state index contributed by atoms with van der Waals surface area (Å²) >= 11 is 0. The smallest absolute Gasteiger partial charge is 0.305 e. The van der Waals surface area contributed by atoms with E-state index in [0.29, 0.717) is 6.07 Å². The molecular weight excluding hydrogens is 207 g/mol. The van der Waals surface area contributed by atoms with Crippen molar-refractivity contribution in [1.82, 2.24) is 0 Å². The quantitative estimate of drug-likeness (QED) is 0.501. The van der Waals surface area contributed by atoms with Crippen molar-refractivity contribution in [2.75, 3.05) is 6.54 Å². The Kier molecular flexibility index (Phi) is 3.17. The molecule has 0 spiro atoms. The van der Waals surface area contributed by atoms with Gasteiger partial charge in [-0.15, -0.1) is 0 Å². The van der Waals surface area contributed by atoms with Crippen LogP contribution in [0.25, 0.3) is 0 Å². The molecule has 1 unspecified atom stereocenters. The van der Waals surface area contributed by atoms with Gasteiger partial charge in [0.2, 0.25) is 5.82 Å². The number of aromatic hydroxyl groups is 1. The fourth-order valence-electron chi connectivity index (χ4n) is 1.10. The lowest BCUT2D eigenvalue weighted by atomic mass is 10.1. The molecular formula is C8H9FN2O4. The Balaban J connectivity index is 3.29. The maximum Gasteiger partial charge on any atom is 0.305 e. The van der Waals surface area contributed by atoms with Crippen LogP contribution in [0.2, 0.25) is 0 Å². The Morgan fingerprint density at radius 3 is 2.67 bits per heavy atom. The van der Waals surface area contributed by atoms with Gasteiger partial charge in [-0.05, 0) is 0 Å². The summed E-state index contributed by atoms with van der Waals surface area (Å²) in [4.78, 5) is 9.42. The minimum absolute atomic E-state index is 0.161. The number of nitrogens with two attached hydrogens (primary N) is 1. The molecule has 0 saturated carbocycles. The van der Waals surface area contributed by atoms with Gasteiger partial charge in [0, 0.05) is 24.2 Å². The van der Waals surface area contributed by atoms with Crippen molar-refractivity contribution in [3.05, 3.63) is 33.6 Å². The summed E-state index contributed by atoms with van der Waals surface area (Å²) in [6.07, 6.45) is -1.26. The van der Waals surface area contributed by atoms with E-state index in [-0.39, 0.29) is 12.1 Å². The summed E-state index contributed by atoms with van der Waals surface area (Å²) in [5.41, 5.74) is 4.14. The second-order valence-electron chi connectivity index (χ2n) is 2.87. The number of aliphatic hydroxyl groups is 1. The summed E-state index contributed by atoms with van der Waals surface area (Å²) in [5, 5.41) is 28.9. The summed E-state index contributed by atoms with van der Waals surface area (Å²) in [5.74, 6) is -1.72. The highest BCUT2D eigenvalue weighted by Crippen LogP contribution is 2.30. The normalized spacial score (nSPS) is 12.5. The highest BCUT2D eigenvalue weighted by molar-refractivity contribution is 5.45. The first-order valence-electron chi connectivity index (χ1n) is 4.02. The van der Waals surface area contributed by atoms with Crippen LogP contribution in [-0.4, -0.2) is 21.7 Å². The molecule has 82 valence electrons. The molecule has 1 aromatic carbocycles. The SMILES string of the molecule is NCC(O)c1cc([N+](=O)[O-])c(F)cc1O. The van der Waals surface area contributed by atoms with Gasteiger partial charge in [0.1, 0.15) is 5.75 Å². The van der Waals surface area contributed by atoms with E-state index < -0.39 is 28.3 Å². The number of phenolic OH excluding ortho intramolecular Hbond substituents is 1. The Morgan fingerprint density at radius 2 is 2.20 bits per heavy atom. The number of aliphatic hydroxyl groups excluding tert-OH is 1. The van der Waals surface area contributed by atoms with Gasteiger partial charge in [-0.25, -0.2) is 0 Å². The number of rotatable bonds is 3. The molecule has 0 fully saturated rings. The predicted octanol–water partition coefficient (Wildman–Crippen LogP) is 0.432. The van der Waals surface area contributed by atoms with Crippen LogP contribution in [-0.2, 0) is 0 Å². The molecule has 0 saturated heterocycles. The predicted molar refractivity (Wildman–Crippen MR) is 48.7 cm³/mol. The summed E-state index contributed by atoms with van der Waals surface area (Å²) in [6.45, 7) is -0.226. The standard InChI is InChI=1S/C8H9FN2O4/c9-5-2-7(12)4(8(13)3-10)1-6(5)11(14)15/h1-2,8,12-13H,3,10H2. The summed E-state index contributed by atoms with van der Waals surface area (Å²) < 4.78 is 12.9. The fourth-order valence-corrected chi connectivity index (χ4v) is 1.10. The van der Waals surface area contributed by atoms with Gasteiger partial charge in [0.05, 0.1) is 11.0 Å². The first kappa shape index (κ1) is 11.3. The third kappa shape index (κ3) is 2.20. The largest absolute Gasteiger partial charge is 0.507 e. The number of hydrogen-bond donors (Lipinski definition) is 3. The second-order valence-corrected chi connectivity index (χ2v) is 2.87. The van der Waals surface area contributed by atoms with Gasteiger partial charge in [-0.2, -0.15) is 4.39 Å². The number of hydrogen-bond acceptors (Lipinski definition) is 5. The van der Waals surface area contributed by atoms with E-state index in [1.165, 1.54) is 0 Å². The van der Waals surface area contributed by atoms with E-state index in [2.05, 4.69) is 0 Å². The van der Waals surface area contributed by atoms with Crippen LogP contribution in [0.3, 0.4) is 0 Å². The zero-order valence-electron chi connectivity index (χ0n) is 7.55. The van der Waals surface area contributed by atoms with Crippen LogP contribution in [0, 0.1) is 15.9 Å². The molecule has 4 N–H and O–H groups in total. The molecule has 1 rings (SSSR count). The van der Waals surface area contributed by atoms with Crippen molar-refractivity contribution < 1.29 is 19.5 Å². The molecule has 0 bridgehead atoms. The number of nitro groups is 1. The van der Waals surface area contributed by atoms with Gasteiger partial charge >= 0.3 is 5.69 Å². The van der Waals surface area contributed by atoms with Crippen LogP contribution in [0.4, 0.5) is 10.1 Å². The van der Waals surface area contributed by atoms with Crippen LogP contribution in [0.5, 0.6) is 5.75 Å². The van der Waals surface area contributed by atoms with Gasteiger partial charge in [0.15, 0.2) is 0 Å². The van der Waals surface area contributed by atoms with Crippen molar-refractivity contribution in [3.8, 4) is 5.75 Å². The van der Waals surface area contributed by atoms with Crippen molar-refractivity contribution >= 4 is 5.69 Å². The number of phenols is 1. The van der Waals surface area contributed by atoms with E-state index in [4.69, 9.17) is 5.73 Å². The first-order chi connectivity index (χ1) is 6.97. The minimum Gasteiger partial charge on any atom is -0.507 e. The molecule has 0 aliphatic heterocycles. The lowest BCUT2D eigenvalue weighted by molar-refractivity contribution is -0.387. The third-order valence-electron chi connectivity index (χ3n) is 1.88. The molecule has 15 heavy (non-hydrogen) atoms. The summed E-state index contributed by atoms with van der Waals surface area (Å²) in [6, 6.07) is 1.34. The molecule has 7 heteroatoms. The Bertz CT molecular complexity index is 396. The van der Waals surface area contributed by atoms with Crippen molar-refractivity contribution in [2.24, 2.45) is 5.73 Å². The van der Waals surface area contributed by atoms with E-state index in [1.54, 1.807) is 0 Å². The van der Waals surface area contributed by atoms with Crippen LogP contribution >= 0.6 is 0 Å². The minimum atomic E-state index is -1.26. The van der Waals surface area contributed by atoms with Gasteiger partial charge < -0.3 is 15.9 Å². The third-order valence-corrected chi connectivity index (χ3v) is 1.88. The van der Waals surface area contributed by atoms with E-state index in [9.17, 15) is 24.7 Å². The molecule has 0 radical (unpaired) electrons. The molecule has 1 aromatic rings. The van der Waals surface area contributed by atoms with Crippen LogP contribution < -0.4 is 5.73 Å². The van der Waals surface area contributed by atoms with Crippen molar-refractivity contribution in [3.63, 3.8) is 0 Å². The first-order valence-corrected chi connectivity index (χ1v) is 4.02. The molecule has 0 aliphatic rings. The average Bonchev–Trinajstić information content (AvgIpc) is 2.16. The number of benzene rings is 1. The Hall–Kier alpha value is -1.73. The fraction of sp³-hybridized carbons (Fsp3) is 0.250. The summed E-state index contributed by atoms with van der Waals surface area (Å²) in [7, 11) is 0. The van der Waals surface area contributed by atoms with Crippen LogP contribution in [0.1, 0.15) is 11.7 Å².